The third-order valence-corrected chi connectivity index (χ3v) is 1.30. The molecule has 72 valence electrons. The molecule has 0 N–H and O–H groups in total. The Kier molecular flexibility index (Phi) is 9.39. The molecule has 0 fully saturated rings. The molecule has 0 aliphatic carbocycles. The summed E-state index contributed by atoms with van der Waals surface area (Å²) in [5.41, 5.74) is -2.54. The first kappa shape index (κ1) is 16.5. The molecule has 0 saturated heterocycles. The molecule has 0 atom stereocenters. The van der Waals surface area contributed by atoms with E-state index in [9.17, 15) is 21.7 Å². The minimum Gasteiger partial charge on any atom is -0.443 e. The summed E-state index contributed by atoms with van der Waals surface area (Å²) in [6.45, 7) is -4.11. The van der Waals surface area contributed by atoms with Crippen molar-refractivity contribution in [3.05, 3.63) is 11.6 Å². The van der Waals surface area contributed by atoms with E-state index < -0.39 is 25.0 Å². The summed E-state index contributed by atoms with van der Waals surface area (Å²) in [6.07, 6.45) is 0.292. The van der Waals surface area contributed by atoms with E-state index in [-0.39, 0.29) is 57.8 Å². The molecule has 0 saturated carbocycles. The standard InChI is InChI=1S/C6H9BF5.K/c1-2-3-4-5(8)6(9)7(10,11)12;/h2-4H2,1H3;/q-1;+1/b6-5+;. The molecule has 0 aromatic carbocycles. The molecular formula is C6H9BF5K. The van der Waals surface area contributed by atoms with Gasteiger partial charge < -0.3 is 12.9 Å². The van der Waals surface area contributed by atoms with Crippen LogP contribution in [0.25, 0.3) is 0 Å². The molecule has 0 aromatic rings. The molecule has 0 amide bonds. The predicted octanol–water partition coefficient (Wildman–Crippen LogP) is 0.718. The number of halogens is 5. The maximum Gasteiger partial charge on any atom is 1.00 e. The van der Waals surface area contributed by atoms with E-state index in [2.05, 4.69) is 0 Å². The molecule has 0 aromatic heterocycles. The Balaban J connectivity index is 0. The SMILES string of the molecule is CCCC/C(F)=C(\F)[B-](F)(F)F.[K+]. The van der Waals surface area contributed by atoms with Crippen LogP contribution < -0.4 is 51.4 Å². The Morgan fingerprint density at radius 1 is 1.15 bits per heavy atom. The second-order valence-electron chi connectivity index (χ2n) is 2.43. The van der Waals surface area contributed by atoms with E-state index in [1.807, 2.05) is 0 Å². The average Bonchev–Trinajstić information content (AvgIpc) is 1.97. The van der Waals surface area contributed by atoms with E-state index >= 15 is 0 Å². The average molecular weight is 226 g/mol. The summed E-state index contributed by atoms with van der Waals surface area (Å²) in [5.74, 6) is -1.68. The maximum atomic E-state index is 12.3. The van der Waals surface area contributed by atoms with Crippen LogP contribution in [0.15, 0.2) is 11.6 Å². The van der Waals surface area contributed by atoms with Gasteiger partial charge in [-0.1, -0.05) is 13.3 Å². The second kappa shape index (κ2) is 7.39. The van der Waals surface area contributed by atoms with Gasteiger partial charge in [0.1, 0.15) is 5.83 Å². The smallest absolute Gasteiger partial charge is 0.443 e. The first-order chi connectivity index (χ1) is 5.39. The van der Waals surface area contributed by atoms with Gasteiger partial charge in [0.15, 0.2) is 0 Å². The molecular weight excluding hydrogens is 217 g/mol. The van der Waals surface area contributed by atoms with Crippen LogP contribution in [0.2, 0.25) is 0 Å². The molecule has 0 unspecified atom stereocenters. The molecule has 0 spiro atoms. The van der Waals surface area contributed by atoms with Crippen LogP contribution in [-0.4, -0.2) is 6.98 Å². The van der Waals surface area contributed by atoms with Crippen LogP contribution in [0.5, 0.6) is 0 Å². The first-order valence-electron chi connectivity index (χ1n) is 3.63. The molecule has 0 aliphatic heterocycles. The van der Waals surface area contributed by atoms with Crippen LogP contribution >= 0.6 is 0 Å². The van der Waals surface area contributed by atoms with Gasteiger partial charge in [-0.05, 0) is 12.8 Å². The van der Waals surface area contributed by atoms with Crippen molar-refractivity contribution in [1.82, 2.24) is 0 Å². The second-order valence-corrected chi connectivity index (χ2v) is 2.43. The van der Waals surface area contributed by atoms with E-state index in [1.165, 1.54) is 0 Å². The zero-order valence-electron chi connectivity index (χ0n) is 7.59. The molecule has 0 radical (unpaired) electrons. The molecule has 13 heavy (non-hydrogen) atoms. The fourth-order valence-corrected chi connectivity index (χ4v) is 0.629. The largest absolute Gasteiger partial charge is 1.00 e. The van der Waals surface area contributed by atoms with Crippen molar-refractivity contribution in [2.45, 2.75) is 26.2 Å². The number of allylic oxidation sites excluding steroid dienone is 1. The van der Waals surface area contributed by atoms with Crippen molar-refractivity contribution in [2.75, 3.05) is 0 Å². The van der Waals surface area contributed by atoms with Gasteiger partial charge in [0.2, 0.25) is 0 Å². The summed E-state index contributed by atoms with van der Waals surface area (Å²) in [6, 6.07) is 0. The molecule has 0 aliphatic rings. The number of unbranched alkanes of at least 4 members (excludes halogenated alkanes) is 1. The van der Waals surface area contributed by atoms with Crippen LogP contribution in [0, 0.1) is 0 Å². The van der Waals surface area contributed by atoms with Gasteiger partial charge in [-0.25, -0.2) is 8.78 Å². The summed E-state index contributed by atoms with van der Waals surface area (Å²) in [7, 11) is 0. The molecule has 7 heteroatoms. The minimum absolute atomic E-state index is 0. The van der Waals surface area contributed by atoms with Crippen LogP contribution in [0.1, 0.15) is 26.2 Å². The van der Waals surface area contributed by atoms with Crippen molar-refractivity contribution < 1.29 is 73.1 Å². The van der Waals surface area contributed by atoms with Crippen molar-refractivity contribution in [3.63, 3.8) is 0 Å². The Morgan fingerprint density at radius 2 is 1.62 bits per heavy atom. The van der Waals surface area contributed by atoms with E-state index in [1.54, 1.807) is 6.92 Å². The van der Waals surface area contributed by atoms with Crippen LogP contribution in [0.4, 0.5) is 21.7 Å². The first-order valence-corrected chi connectivity index (χ1v) is 3.63. The van der Waals surface area contributed by atoms with Crippen molar-refractivity contribution >= 4 is 6.98 Å². The summed E-state index contributed by atoms with van der Waals surface area (Å²) in [4.78, 5) is 0. The third kappa shape index (κ3) is 7.07. The van der Waals surface area contributed by atoms with Gasteiger partial charge in [0.25, 0.3) is 0 Å². The topological polar surface area (TPSA) is 0 Å². The molecule has 0 bridgehead atoms. The summed E-state index contributed by atoms with van der Waals surface area (Å²) >= 11 is 0. The Hall–Kier alpha value is 1.09. The van der Waals surface area contributed by atoms with Crippen molar-refractivity contribution in [1.29, 1.82) is 0 Å². The molecule has 0 heterocycles. The third-order valence-electron chi connectivity index (χ3n) is 1.30. The fourth-order valence-electron chi connectivity index (χ4n) is 0.629. The quantitative estimate of drug-likeness (QED) is 0.489. The van der Waals surface area contributed by atoms with Crippen LogP contribution in [-0.2, 0) is 0 Å². The maximum absolute atomic E-state index is 12.3. The van der Waals surface area contributed by atoms with E-state index in [0.717, 1.165) is 0 Å². The van der Waals surface area contributed by atoms with Gasteiger partial charge >= 0.3 is 58.4 Å². The van der Waals surface area contributed by atoms with E-state index in [0.29, 0.717) is 6.42 Å². The van der Waals surface area contributed by atoms with Crippen molar-refractivity contribution in [3.8, 4) is 0 Å². The van der Waals surface area contributed by atoms with Crippen molar-refractivity contribution in [2.24, 2.45) is 0 Å². The molecule has 0 nitrogen and oxygen atoms in total. The monoisotopic (exact) mass is 226 g/mol. The van der Waals surface area contributed by atoms with Gasteiger partial charge in [-0.15, -0.1) is 0 Å². The Labute approximate surface area is 116 Å². The zero-order chi connectivity index (χ0) is 9.78. The molecule has 0 rings (SSSR count). The fraction of sp³-hybridized carbons (Fsp3) is 0.667. The Morgan fingerprint density at radius 3 is 1.92 bits per heavy atom. The number of rotatable bonds is 4. The van der Waals surface area contributed by atoms with Gasteiger partial charge in [-0.2, -0.15) is 0 Å². The van der Waals surface area contributed by atoms with Gasteiger partial charge in [0, 0.05) is 0 Å². The van der Waals surface area contributed by atoms with Crippen LogP contribution in [0.3, 0.4) is 0 Å². The summed E-state index contributed by atoms with van der Waals surface area (Å²) < 4.78 is 58.9. The summed E-state index contributed by atoms with van der Waals surface area (Å²) in [5, 5.41) is 0. The number of hydrogen-bond acceptors (Lipinski definition) is 0. The van der Waals surface area contributed by atoms with E-state index in [4.69, 9.17) is 0 Å². The zero-order valence-corrected chi connectivity index (χ0v) is 10.7. The Bertz CT molecular complexity index is 176. The minimum atomic E-state index is -5.79. The van der Waals surface area contributed by atoms with Gasteiger partial charge in [-0.3, -0.25) is 0 Å². The normalized spacial score (nSPS) is 13.4. The predicted molar refractivity (Wildman–Crippen MR) is 37.8 cm³/mol. The van der Waals surface area contributed by atoms with Gasteiger partial charge in [0.05, 0.1) is 5.73 Å². The number of hydrogen-bond donors (Lipinski definition) is 0.